The Balaban J connectivity index is -0.00000000772. The minimum Gasteiger partial charge on any atom is -0.369 e. The van der Waals surface area contributed by atoms with Crippen molar-refractivity contribution < 1.29 is 51.8 Å². The van der Waals surface area contributed by atoms with E-state index in [0.29, 0.717) is 0 Å². The third-order valence-electron chi connectivity index (χ3n) is 4.91. The van der Waals surface area contributed by atoms with Crippen LogP contribution in [0.1, 0.15) is 83.1 Å². The van der Waals surface area contributed by atoms with E-state index in [-0.39, 0.29) is 48.6 Å². The van der Waals surface area contributed by atoms with Crippen molar-refractivity contribution in [1.82, 2.24) is 0 Å². The van der Waals surface area contributed by atoms with Crippen LogP contribution in [0.2, 0.25) is 0 Å². The quantitative estimate of drug-likeness (QED) is 0.539. The molecule has 1 amide bonds. The Morgan fingerprint density at radius 1 is 1.08 bits per heavy atom. The van der Waals surface area contributed by atoms with Gasteiger partial charge < -0.3 is 5.73 Å². The molecule has 2 atom stereocenters. The zero-order valence-electron chi connectivity index (χ0n) is 15.0. The lowest BCUT2D eigenvalue weighted by Crippen LogP contribution is -2.36. The monoisotopic (exact) mass is 404 g/mol. The molecule has 24 heavy (non-hydrogen) atoms. The minimum absolute atomic E-state index is 0. The molecule has 3 nitrogen and oxygen atoms in total. The lowest BCUT2D eigenvalue weighted by atomic mass is 9.86. The molecule has 0 heterocycles. The normalized spacial score (nSPS) is 14.9. The van der Waals surface area contributed by atoms with Crippen LogP contribution in [0, 0.1) is 27.7 Å². The largest absolute Gasteiger partial charge is 0.369 e. The molecule has 2 aromatic rings. The molecule has 4 heteroatoms. The second-order valence-corrected chi connectivity index (χ2v) is 8.33. The Bertz CT molecular complexity index is 867. The van der Waals surface area contributed by atoms with Gasteiger partial charge in [0.15, 0.2) is 0 Å². The molecule has 2 N–H and O–H groups in total. The van der Waals surface area contributed by atoms with Crippen molar-refractivity contribution in [1.29, 1.82) is 0 Å². The summed E-state index contributed by atoms with van der Waals surface area (Å²) in [4.78, 5) is 11.4. The van der Waals surface area contributed by atoms with E-state index in [1.165, 1.54) is 5.56 Å². The molecule has 0 radical (unpaired) electrons. The second kappa shape index (κ2) is 6.89. The Hall–Kier alpha value is -1.94. The number of primary amides is 1. The molecule has 2 rings (SSSR count). The lowest BCUT2D eigenvalue weighted by Gasteiger charge is -2.32. The fourth-order valence-corrected chi connectivity index (χ4v) is 4.39. The molecule has 0 aliphatic rings. The summed E-state index contributed by atoms with van der Waals surface area (Å²) in [5.41, 5.74) is 11.8. The van der Waals surface area contributed by atoms with Gasteiger partial charge in [-0.2, -0.15) is 0 Å². The molecule has 2 unspecified atom stereocenters. The molecule has 0 spiro atoms. The van der Waals surface area contributed by atoms with Gasteiger partial charge in [-0.3, -0.25) is 9.00 Å². The molecule has 0 saturated carbocycles. The highest BCUT2D eigenvalue weighted by Crippen LogP contribution is 2.39. The molecule has 0 aliphatic heterocycles. The number of nitrogens with two attached hydrogens (primary N) is 1. The third-order valence-corrected chi connectivity index (χ3v) is 6.82. The summed E-state index contributed by atoms with van der Waals surface area (Å²) in [6.07, 6.45) is 0. The van der Waals surface area contributed by atoms with Crippen LogP contribution in [0.5, 0.6) is 0 Å². The van der Waals surface area contributed by atoms with Gasteiger partial charge in [-0.1, -0.05) is 36.4 Å². The predicted molar refractivity (Wildman–Crippen MR) is 164 cm³/mol. The smallest absolute Gasteiger partial charge is 0.230 e. The van der Waals surface area contributed by atoms with Gasteiger partial charge in [-0.05, 0) is 68.0 Å². The lowest BCUT2D eigenvalue weighted by molar-refractivity contribution is -0.115. The van der Waals surface area contributed by atoms with Crippen molar-refractivity contribution >= 4 is 16.7 Å². The van der Waals surface area contributed by atoms with E-state index >= 15 is 0 Å². The molecule has 0 fully saturated rings. The minimum atomic E-state index is -1.46. The highest BCUT2D eigenvalue weighted by molar-refractivity contribution is 7.87. The summed E-state index contributed by atoms with van der Waals surface area (Å²) >= 11 is 0. The summed E-state index contributed by atoms with van der Waals surface area (Å²) < 4.78 is 12.4. The third kappa shape index (κ3) is 3.29. The highest BCUT2D eigenvalue weighted by Gasteiger charge is 2.38. The standard InChI is InChI=1S/C20H25NO2S.30H2/c1-13-9-10-17(11-15(13)3)20(5,24(23)12-19(21)22)18-8-6-7-14(2)16(18)4;;;;;;;;;;;;;;;;;;;;;;;;;;;;;;/h6-11H,12H2,1-5H3,(H2,21,22);30*1H. The predicted octanol–water partition coefficient (Wildman–Crippen LogP) is 10.8. The van der Waals surface area contributed by atoms with Gasteiger partial charge in [-0.15, -0.1) is 0 Å². The topological polar surface area (TPSA) is 60.2 Å². The SMILES string of the molecule is Cc1ccc(C(C)(c2cccc(C)c2C)S(=O)CC(N)=O)cc1C.[HH].[HH].[HH].[HH].[HH].[HH].[HH].[HH].[HH].[HH].[HH].[HH].[HH].[HH].[HH].[HH].[HH].[HH].[HH].[HH].[HH].[HH].[HH].[HH].[HH].[HH].[HH].[HH].[HH].[HH]. The summed E-state index contributed by atoms with van der Waals surface area (Å²) in [5.74, 6) is -0.703. The van der Waals surface area contributed by atoms with Crippen LogP contribution in [0.4, 0.5) is 0 Å². The Labute approximate surface area is 191 Å². The number of hydrogen-bond donors (Lipinski definition) is 1. The van der Waals surface area contributed by atoms with Crippen LogP contribution >= 0.6 is 0 Å². The van der Waals surface area contributed by atoms with Crippen LogP contribution in [0.15, 0.2) is 36.4 Å². The van der Waals surface area contributed by atoms with E-state index in [2.05, 4.69) is 13.0 Å². The van der Waals surface area contributed by atoms with E-state index in [1.54, 1.807) is 0 Å². The first-order valence-corrected chi connectivity index (χ1v) is 9.31. The zero-order valence-corrected chi connectivity index (χ0v) is 15.8. The van der Waals surface area contributed by atoms with Gasteiger partial charge in [0.1, 0.15) is 5.75 Å². The maximum Gasteiger partial charge on any atom is 0.230 e. The number of hydrogen-bond acceptors (Lipinski definition) is 2. The van der Waals surface area contributed by atoms with E-state index in [4.69, 9.17) is 5.73 Å². The zero-order chi connectivity index (χ0) is 18.1. The van der Waals surface area contributed by atoms with Gasteiger partial charge in [0.2, 0.25) is 5.91 Å². The van der Waals surface area contributed by atoms with Crippen LogP contribution in [0.25, 0.3) is 0 Å². The molecule has 0 aromatic heterocycles. The van der Waals surface area contributed by atoms with Crippen LogP contribution in [0.3, 0.4) is 0 Å². The molecule has 188 valence electrons. The number of aryl methyl sites for hydroxylation is 3. The van der Waals surface area contributed by atoms with Gasteiger partial charge in [0.25, 0.3) is 0 Å². The van der Waals surface area contributed by atoms with Crippen molar-refractivity contribution in [2.24, 2.45) is 5.73 Å². The van der Waals surface area contributed by atoms with E-state index < -0.39 is 21.5 Å². The van der Waals surface area contributed by atoms with Gasteiger partial charge in [0, 0.05) is 53.6 Å². The maximum atomic E-state index is 13.1. The summed E-state index contributed by atoms with van der Waals surface area (Å²) in [6.45, 7) is 10.1. The number of benzene rings is 2. The molecule has 0 saturated heterocycles. The summed E-state index contributed by atoms with van der Waals surface area (Å²) in [7, 11) is -1.46. The highest BCUT2D eigenvalue weighted by atomic mass is 32.2. The Morgan fingerprint density at radius 2 is 1.75 bits per heavy atom. The van der Waals surface area contributed by atoms with Crippen LogP contribution in [-0.4, -0.2) is 15.9 Å². The van der Waals surface area contributed by atoms with Crippen LogP contribution in [-0.2, 0) is 20.3 Å². The summed E-state index contributed by atoms with van der Waals surface area (Å²) in [5, 5.41) is 0. The van der Waals surface area contributed by atoms with Crippen molar-refractivity contribution in [3.05, 3.63) is 69.8 Å². The number of amides is 1. The number of rotatable bonds is 5. The first-order chi connectivity index (χ1) is 11.2. The number of carbonyl (C=O) groups is 1. The first kappa shape index (κ1) is 18.4. The number of carbonyl (C=O) groups excluding carboxylic acids is 1. The second-order valence-electron chi connectivity index (χ2n) is 6.54. The maximum absolute atomic E-state index is 13.1. The average Bonchev–Trinajstić information content (AvgIpc) is 2.51. The van der Waals surface area contributed by atoms with Crippen molar-refractivity contribution in [3.8, 4) is 0 Å². The van der Waals surface area contributed by atoms with Gasteiger partial charge in [-0.25, -0.2) is 0 Å². The van der Waals surface area contributed by atoms with Crippen molar-refractivity contribution in [2.75, 3.05) is 5.75 Å². The van der Waals surface area contributed by atoms with Gasteiger partial charge in [0.05, 0.1) is 4.75 Å². The molecule has 2 aromatic carbocycles. The molecular formula is C20H85NO2S. The fraction of sp³-hybridized carbons (Fsp3) is 0.350. The van der Waals surface area contributed by atoms with Gasteiger partial charge >= 0.3 is 0 Å². The molecule has 0 aliphatic carbocycles. The molecular weight excluding hydrogens is 318 g/mol. The first-order valence-electron chi connectivity index (χ1n) is 7.99. The molecule has 0 bridgehead atoms. The van der Waals surface area contributed by atoms with E-state index in [0.717, 1.165) is 27.8 Å². The Kier molecular flexibility index (Phi) is 5.29. The average molecular weight is 404 g/mol. The fourth-order valence-electron chi connectivity index (χ4n) is 2.99. The van der Waals surface area contributed by atoms with Crippen molar-refractivity contribution in [2.45, 2.75) is 39.4 Å². The van der Waals surface area contributed by atoms with E-state index in [9.17, 15) is 9.00 Å². The summed E-state index contributed by atoms with van der Waals surface area (Å²) in [6, 6.07) is 12.1. The van der Waals surface area contributed by atoms with Crippen molar-refractivity contribution in [3.63, 3.8) is 0 Å². The van der Waals surface area contributed by atoms with Crippen LogP contribution < -0.4 is 5.73 Å². The van der Waals surface area contributed by atoms with E-state index in [1.807, 2.05) is 58.0 Å². The Morgan fingerprint density at radius 3 is 2.33 bits per heavy atom.